The van der Waals surface area contributed by atoms with Gasteiger partial charge in [0, 0.05) is 17.0 Å². The molecule has 1 amide bonds. The van der Waals surface area contributed by atoms with E-state index in [1.807, 2.05) is 46.9 Å². The van der Waals surface area contributed by atoms with Crippen molar-refractivity contribution in [2.75, 3.05) is 12.4 Å². The molecule has 2 heterocycles. The van der Waals surface area contributed by atoms with E-state index in [2.05, 4.69) is 21.4 Å². The van der Waals surface area contributed by atoms with E-state index in [0.29, 0.717) is 11.4 Å². The van der Waals surface area contributed by atoms with Gasteiger partial charge in [0.25, 0.3) is 0 Å². The van der Waals surface area contributed by atoms with Crippen molar-refractivity contribution in [3.05, 3.63) is 29.5 Å². The molecular formula is C19H23N3O3. The summed E-state index contributed by atoms with van der Waals surface area (Å²) < 4.78 is 10.9. The van der Waals surface area contributed by atoms with Crippen LogP contribution in [0.15, 0.2) is 18.3 Å². The second-order valence-electron chi connectivity index (χ2n) is 7.19. The van der Waals surface area contributed by atoms with Crippen LogP contribution in [-0.2, 0) is 4.74 Å². The van der Waals surface area contributed by atoms with E-state index in [9.17, 15) is 4.79 Å². The van der Waals surface area contributed by atoms with Crippen molar-refractivity contribution in [3.63, 3.8) is 0 Å². The average Bonchev–Trinajstić information content (AvgIpc) is 2.84. The summed E-state index contributed by atoms with van der Waals surface area (Å²) in [5.74, 6) is 0.558. The molecule has 6 nitrogen and oxygen atoms in total. The van der Waals surface area contributed by atoms with E-state index in [1.165, 1.54) is 0 Å². The van der Waals surface area contributed by atoms with Gasteiger partial charge in [0.2, 0.25) is 0 Å². The van der Waals surface area contributed by atoms with Crippen LogP contribution in [0.2, 0.25) is 0 Å². The second-order valence-corrected chi connectivity index (χ2v) is 7.19. The van der Waals surface area contributed by atoms with Crippen LogP contribution in [0.3, 0.4) is 0 Å². The predicted octanol–water partition coefficient (Wildman–Crippen LogP) is 4.69. The first kappa shape index (κ1) is 17.1. The maximum absolute atomic E-state index is 12.1. The molecule has 2 N–H and O–H groups in total. The largest absolute Gasteiger partial charge is 0.492 e. The minimum absolute atomic E-state index is 0.519. The summed E-state index contributed by atoms with van der Waals surface area (Å²) in [6, 6.07) is 3.98. The van der Waals surface area contributed by atoms with Gasteiger partial charge in [-0.25, -0.2) is 9.78 Å². The molecule has 132 valence electrons. The summed E-state index contributed by atoms with van der Waals surface area (Å²) in [7, 11) is 1.58. The molecule has 1 aromatic carbocycles. The summed E-state index contributed by atoms with van der Waals surface area (Å²) in [5, 5.41) is 4.86. The van der Waals surface area contributed by atoms with Gasteiger partial charge in [-0.15, -0.1) is 0 Å². The third-order valence-corrected chi connectivity index (χ3v) is 3.85. The van der Waals surface area contributed by atoms with Crippen LogP contribution >= 0.6 is 0 Å². The SMILES string of the molecule is COc1c(NC(=O)OC(C)(C)C)cc(C)c2c1[nH]c1ncc(C)cc12. The minimum atomic E-state index is -0.570. The first-order chi connectivity index (χ1) is 11.7. The lowest BCUT2D eigenvalue weighted by atomic mass is 10.1. The highest BCUT2D eigenvalue weighted by Crippen LogP contribution is 2.39. The molecule has 0 saturated carbocycles. The average molecular weight is 341 g/mol. The third kappa shape index (κ3) is 3.24. The number of fused-ring (bicyclic) bond motifs is 3. The van der Waals surface area contributed by atoms with Gasteiger partial charge < -0.3 is 14.5 Å². The Balaban J connectivity index is 2.15. The van der Waals surface area contributed by atoms with Crippen molar-refractivity contribution < 1.29 is 14.3 Å². The Kier molecular flexibility index (Phi) is 4.06. The van der Waals surface area contributed by atoms with Crippen molar-refractivity contribution in [3.8, 4) is 5.75 Å². The van der Waals surface area contributed by atoms with Gasteiger partial charge in [0.05, 0.1) is 18.3 Å². The first-order valence-corrected chi connectivity index (χ1v) is 8.15. The highest BCUT2D eigenvalue weighted by atomic mass is 16.6. The van der Waals surface area contributed by atoms with E-state index in [4.69, 9.17) is 9.47 Å². The number of ether oxygens (including phenoxy) is 2. The first-order valence-electron chi connectivity index (χ1n) is 8.15. The van der Waals surface area contributed by atoms with Gasteiger partial charge >= 0.3 is 6.09 Å². The number of carbonyl (C=O) groups is 1. The Morgan fingerprint density at radius 3 is 2.60 bits per heavy atom. The smallest absolute Gasteiger partial charge is 0.412 e. The van der Waals surface area contributed by atoms with Crippen LogP contribution in [-0.4, -0.2) is 28.8 Å². The van der Waals surface area contributed by atoms with E-state index in [1.54, 1.807) is 7.11 Å². The highest BCUT2D eigenvalue weighted by molar-refractivity contribution is 6.12. The number of amides is 1. The summed E-state index contributed by atoms with van der Waals surface area (Å²) in [6.45, 7) is 9.48. The fraction of sp³-hybridized carbons (Fsp3) is 0.368. The van der Waals surface area contributed by atoms with Crippen molar-refractivity contribution >= 4 is 33.7 Å². The molecule has 3 rings (SSSR count). The van der Waals surface area contributed by atoms with Gasteiger partial charge in [-0.3, -0.25) is 5.32 Å². The molecule has 0 bridgehead atoms. The number of pyridine rings is 1. The van der Waals surface area contributed by atoms with Crippen molar-refractivity contribution in [2.24, 2.45) is 0 Å². The zero-order valence-electron chi connectivity index (χ0n) is 15.4. The fourth-order valence-corrected chi connectivity index (χ4v) is 2.96. The summed E-state index contributed by atoms with van der Waals surface area (Å²) >= 11 is 0. The molecule has 3 aromatic rings. The van der Waals surface area contributed by atoms with E-state index >= 15 is 0 Å². The van der Waals surface area contributed by atoms with E-state index < -0.39 is 11.7 Å². The minimum Gasteiger partial charge on any atom is -0.492 e. The number of aromatic amines is 1. The number of hydrogen-bond acceptors (Lipinski definition) is 4. The van der Waals surface area contributed by atoms with Crippen molar-refractivity contribution in [1.29, 1.82) is 0 Å². The molecular weight excluding hydrogens is 318 g/mol. The number of methoxy groups -OCH3 is 1. The lowest BCUT2D eigenvalue weighted by molar-refractivity contribution is 0.0635. The normalized spacial score (nSPS) is 11.8. The number of hydrogen-bond donors (Lipinski definition) is 2. The molecule has 0 aliphatic rings. The van der Waals surface area contributed by atoms with Crippen molar-refractivity contribution in [1.82, 2.24) is 9.97 Å². The number of aromatic nitrogens is 2. The molecule has 25 heavy (non-hydrogen) atoms. The Bertz CT molecular complexity index is 968. The molecule has 0 radical (unpaired) electrons. The molecule has 0 spiro atoms. The lowest BCUT2D eigenvalue weighted by Gasteiger charge is -2.20. The topological polar surface area (TPSA) is 76.2 Å². The monoisotopic (exact) mass is 341 g/mol. The van der Waals surface area contributed by atoms with Gasteiger partial charge in [-0.2, -0.15) is 0 Å². The molecule has 0 aliphatic carbocycles. The van der Waals surface area contributed by atoms with Crippen LogP contribution in [0.4, 0.5) is 10.5 Å². The number of anilines is 1. The molecule has 0 fully saturated rings. The molecule has 0 aliphatic heterocycles. The lowest BCUT2D eigenvalue weighted by Crippen LogP contribution is -2.27. The molecule has 2 aromatic heterocycles. The Hall–Kier alpha value is -2.76. The predicted molar refractivity (Wildman–Crippen MR) is 99.5 cm³/mol. The molecule has 0 saturated heterocycles. The van der Waals surface area contributed by atoms with Crippen LogP contribution < -0.4 is 10.1 Å². The molecule has 0 unspecified atom stereocenters. The van der Waals surface area contributed by atoms with Gasteiger partial charge in [0.15, 0.2) is 5.75 Å². The number of H-pyrrole nitrogens is 1. The summed E-state index contributed by atoms with van der Waals surface area (Å²) in [6.07, 6.45) is 1.30. The number of nitrogens with zero attached hydrogens (tertiary/aromatic N) is 1. The zero-order valence-corrected chi connectivity index (χ0v) is 15.4. The maximum Gasteiger partial charge on any atom is 0.412 e. The van der Waals surface area contributed by atoms with E-state index in [-0.39, 0.29) is 0 Å². The van der Waals surface area contributed by atoms with Crippen LogP contribution in [0.5, 0.6) is 5.75 Å². The Morgan fingerprint density at radius 2 is 1.96 bits per heavy atom. The second kappa shape index (κ2) is 5.95. The number of nitrogens with one attached hydrogen (secondary N) is 2. The third-order valence-electron chi connectivity index (χ3n) is 3.85. The Labute approximate surface area is 146 Å². The summed E-state index contributed by atoms with van der Waals surface area (Å²) in [4.78, 5) is 19.9. The van der Waals surface area contributed by atoms with Crippen LogP contribution in [0.1, 0.15) is 31.9 Å². The maximum atomic E-state index is 12.1. The van der Waals surface area contributed by atoms with Gasteiger partial charge in [0.1, 0.15) is 11.2 Å². The van der Waals surface area contributed by atoms with Gasteiger partial charge in [-0.05, 0) is 57.9 Å². The highest BCUT2D eigenvalue weighted by Gasteiger charge is 2.21. The van der Waals surface area contributed by atoms with E-state index in [0.717, 1.165) is 33.1 Å². The van der Waals surface area contributed by atoms with Gasteiger partial charge in [-0.1, -0.05) is 0 Å². The van der Waals surface area contributed by atoms with Crippen molar-refractivity contribution in [2.45, 2.75) is 40.2 Å². The Morgan fingerprint density at radius 1 is 1.24 bits per heavy atom. The number of aryl methyl sites for hydroxylation is 2. The fourth-order valence-electron chi connectivity index (χ4n) is 2.96. The number of rotatable bonds is 2. The quantitative estimate of drug-likeness (QED) is 0.709. The molecule has 6 heteroatoms. The summed E-state index contributed by atoms with van der Waals surface area (Å²) in [5.41, 5.74) is 3.69. The number of benzene rings is 1. The van der Waals surface area contributed by atoms with Crippen LogP contribution in [0, 0.1) is 13.8 Å². The molecule has 0 atom stereocenters. The zero-order chi connectivity index (χ0) is 18.4. The van der Waals surface area contributed by atoms with Crippen LogP contribution in [0.25, 0.3) is 21.9 Å². The standard InChI is InChI=1S/C19H23N3O3/c1-10-7-12-14-11(2)8-13(21-18(23)25-19(3,4)5)16(24-6)15(14)22-17(12)20-9-10/h7-9H,1-6H3,(H,20,22)(H,21,23). The number of carbonyl (C=O) groups excluding carboxylic acids is 1.